The van der Waals surface area contributed by atoms with Gasteiger partial charge in [0.2, 0.25) is 0 Å². The van der Waals surface area contributed by atoms with E-state index in [4.69, 9.17) is 5.73 Å². The zero-order valence-corrected chi connectivity index (χ0v) is 9.66. The predicted molar refractivity (Wildman–Crippen MR) is 64.1 cm³/mol. The van der Waals surface area contributed by atoms with Crippen molar-refractivity contribution >= 4 is 11.7 Å². The maximum absolute atomic E-state index is 11.4. The molecule has 0 saturated carbocycles. The third kappa shape index (κ3) is 1.88. The summed E-state index contributed by atoms with van der Waals surface area (Å²) in [7, 11) is 1.78. The van der Waals surface area contributed by atoms with E-state index in [0.29, 0.717) is 6.54 Å². The van der Waals surface area contributed by atoms with E-state index in [0.717, 1.165) is 23.2 Å². The van der Waals surface area contributed by atoms with Gasteiger partial charge >= 0.3 is 6.03 Å². The minimum atomic E-state index is -0.0555. The number of carbonyl (C=O) groups is 1. The predicted octanol–water partition coefficient (Wildman–Crippen LogP) is 2.07. The summed E-state index contributed by atoms with van der Waals surface area (Å²) < 4.78 is 0. The smallest absolute Gasteiger partial charge is 0.321 e. The van der Waals surface area contributed by atoms with E-state index in [1.165, 1.54) is 0 Å². The van der Waals surface area contributed by atoms with Gasteiger partial charge in [0, 0.05) is 25.3 Å². The molecule has 0 radical (unpaired) electrons. The highest BCUT2D eigenvalue weighted by Crippen LogP contribution is 2.26. The Morgan fingerprint density at radius 3 is 3.00 bits per heavy atom. The first-order chi connectivity index (χ1) is 7.61. The summed E-state index contributed by atoms with van der Waals surface area (Å²) in [5, 5.41) is 2.84. The van der Waals surface area contributed by atoms with Crippen LogP contribution in [0.4, 0.5) is 10.5 Å². The first-order valence-corrected chi connectivity index (χ1v) is 5.52. The Bertz CT molecular complexity index is 417. The lowest BCUT2D eigenvalue weighted by atomic mass is 10.0. The van der Waals surface area contributed by atoms with Crippen LogP contribution in [0.2, 0.25) is 0 Å². The summed E-state index contributed by atoms with van der Waals surface area (Å²) in [5.41, 5.74) is 9.15. The van der Waals surface area contributed by atoms with Crippen LogP contribution in [0, 0.1) is 0 Å². The molecule has 1 atom stereocenters. The van der Waals surface area contributed by atoms with Gasteiger partial charge in [-0.25, -0.2) is 4.79 Å². The van der Waals surface area contributed by atoms with Gasteiger partial charge in [-0.3, -0.25) is 0 Å². The van der Waals surface area contributed by atoms with E-state index in [1.54, 1.807) is 11.9 Å². The summed E-state index contributed by atoms with van der Waals surface area (Å²) in [4.78, 5) is 13.1. The number of benzene rings is 1. The van der Waals surface area contributed by atoms with Crippen molar-refractivity contribution in [1.29, 1.82) is 0 Å². The minimum absolute atomic E-state index is 0.0555. The zero-order valence-electron chi connectivity index (χ0n) is 9.66. The van der Waals surface area contributed by atoms with Crippen LogP contribution in [0.5, 0.6) is 0 Å². The van der Waals surface area contributed by atoms with Gasteiger partial charge in [-0.2, -0.15) is 0 Å². The number of anilines is 1. The molecule has 0 unspecified atom stereocenters. The van der Waals surface area contributed by atoms with E-state index >= 15 is 0 Å². The second-order valence-corrected chi connectivity index (χ2v) is 4.22. The molecule has 4 heteroatoms. The van der Waals surface area contributed by atoms with Gasteiger partial charge in [-0.15, -0.1) is 0 Å². The number of amides is 2. The molecule has 3 N–H and O–H groups in total. The molecule has 1 aliphatic heterocycles. The van der Waals surface area contributed by atoms with Crippen LogP contribution in [-0.4, -0.2) is 18.0 Å². The number of rotatable bonds is 2. The number of nitrogens with zero attached hydrogens (tertiary/aromatic N) is 1. The van der Waals surface area contributed by atoms with Gasteiger partial charge in [0.05, 0.1) is 0 Å². The molecule has 16 heavy (non-hydrogen) atoms. The van der Waals surface area contributed by atoms with E-state index in [1.807, 2.05) is 12.1 Å². The maximum atomic E-state index is 11.4. The third-order valence-electron chi connectivity index (χ3n) is 2.99. The van der Waals surface area contributed by atoms with Crippen molar-refractivity contribution in [2.45, 2.75) is 25.9 Å². The Hall–Kier alpha value is -1.55. The van der Waals surface area contributed by atoms with Crippen molar-refractivity contribution in [1.82, 2.24) is 4.90 Å². The monoisotopic (exact) mass is 219 g/mol. The lowest BCUT2D eigenvalue weighted by Gasteiger charge is -2.26. The lowest BCUT2D eigenvalue weighted by molar-refractivity contribution is 0.218. The summed E-state index contributed by atoms with van der Waals surface area (Å²) in [6.45, 7) is 2.71. The van der Waals surface area contributed by atoms with Crippen LogP contribution < -0.4 is 11.1 Å². The highest BCUT2D eigenvalue weighted by molar-refractivity contribution is 5.92. The molecule has 1 aromatic carbocycles. The van der Waals surface area contributed by atoms with Crippen molar-refractivity contribution in [2.75, 3.05) is 12.4 Å². The highest BCUT2D eigenvalue weighted by Gasteiger charge is 2.19. The molecule has 1 aliphatic rings. The summed E-state index contributed by atoms with van der Waals surface area (Å²) in [6.07, 6.45) is 0.918. The number of hydrogen-bond donors (Lipinski definition) is 2. The van der Waals surface area contributed by atoms with Crippen LogP contribution in [0.25, 0.3) is 0 Å². The van der Waals surface area contributed by atoms with Gasteiger partial charge in [0.15, 0.2) is 0 Å². The second kappa shape index (κ2) is 4.14. The van der Waals surface area contributed by atoms with Crippen LogP contribution in [0.15, 0.2) is 18.2 Å². The lowest BCUT2D eigenvalue weighted by Crippen LogP contribution is -2.35. The van der Waals surface area contributed by atoms with Crippen molar-refractivity contribution in [3.05, 3.63) is 29.3 Å². The molecule has 86 valence electrons. The quantitative estimate of drug-likeness (QED) is 0.800. The van der Waals surface area contributed by atoms with Crippen LogP contribution in [0.1, 0.15) is 30.5 Å². The zero-order chi connectivity index (χ0) is 11.7. The summed E-state index contributed by atoms with van der Waals surface area (Å²) >= 11 is 0. The first kappa shape index (κ1) is 11.0. The Morgan fingerprint density at radius 1 is 1.56 bits per heavy atom. The van der Waals surface area contributed by atoms with E-state index in [2.05, 4.69) is 18.3 Å². The average Bonchev–Trinajstić information content (AvgIpc) is 2.29. The number of fused-ring (bicyclic) bond motifs is 1. The van der Waals surface area contributed by atoms with Crippen LogP contribution in [-0.2, 0) is 6.54 Å². The minimum Gasteiger partial charge on any atom is -0.324 e. The SMILES string of the molecule is CC[C@@H](N)c1ccc2c(c1)CN(C)C(=O)N2. The molecule has 0 aliphatic carbocycles. The first-order valence-electron chi connectivity index (χ1n) is 5.52. The molecule has 0 fully saturated rings. The van der Waals surface area contributed by atoms with Crippen LogP contribution in [0.3, 0.4) is 0 Å². The van der Waals surface area contributed by atoms with Crippen molar-refractivity contribution < 1.29 is 4.79 Å². The molecule has 1 heterocycles. The molecule has 2 amide bonds. The Kier molecular flexibility index (Phi) is 2.83. The number of nitrogens with one attached hydrogen (secondary N) is 1. The standard InChI is InChI=1S/C12H17N3O/c1-3-10(13)8-4-5-11-9(6-8)7-15(2)12(16)14-11/h4-6,10H,3,7,13H2,1-2H3,(H,14,16)/t10-/m1/s1. The summed E-state index contributed by atoms with van der Waals surface area (Å²) in [5.74, 6) is 0. The molecular formula is C12H17N3O. The topological polar surface area (TPSA) is 58.4 Å². The Morgan fingerprint density at radius 2 is 2.31 bits per heavy atom. The Balaban J connectivity index is 2.32. The van der Waals surface area contributed by atoms with Gasteiger partial charge in [-0.1, -0.05) is 19.1 Å². The fourth-order valence-electron chi connectivity index (χ4n) is 1.87. The number of nitrogens with two attached hydrogens (primary N) is 1. The van der Waals surface area contributed by atoms with Crippen molar-refractivity contribution in [2.24, 2.45) is 5.73 Å². The van der Waals surface area contributed by atoms with Gasteiger partial charge < -0.3 is 16.0 Å². The van der Waals surface area contributed by atoms with Crippen molar-refractivity contribution in [3.63, 3.8) is 0 Å². The molecule has 2 rings (SSSR count). The summed E-state index contributed by atoms with van der Waals surface area (Å²) in [6, 6.07) is 6.02. The fraction of sp³-hybridized carbons (Fsp3) is 0.417. The van der Waals surface area contributed by atoms with Crippen molar-refractivity contribution in [3.8, 4) is 0 Å². The normalized spacial score (nSPS) is 16.7. The third-order valence-corrected chi connectivity index (χ3v) is 2.99. The highest BCUT2D eigenvalue weighted by atomic mass is 16.2. The number of hydrogen-bond acceptors (Lipinski definition) is 2. The second-order valence-electron chi connectivity index (χ2n) is 4.22. The van der Waals surface area contributed by atoms with E-state index in [-0.39, 0.29) is 12.1 Å². The van der Waals surface area contributed by atoms with Gasteiger partial charge in [0.1, 0.15) is 0 Å². The fourth-order valence-corrected chi connectivity index (χ4v) is 1.87. The molecule has 0 spiro atoms. The van der Waals surface area contributed by atoms with E-state index < -0.39 is 0 Å². The molecule has 1 aromatic rings. The van der Waals surface area contributed by atoms with Gasteiger partial charge in [0.25, 0.3) is 0 Å². The van der Waals surface area contributed by atoms with Crippen LogP contribution >= 0.6 is 0 Å². The molecular weight excluding hydrogens is 202 g/mol. The Labute approximate surface area is 95.4 Å². The molecule has 0 bridgehead atoms. The number of urea groups is 1. The number of carbonyl (C=O) groups excluding carboxylic acids is 1. The molecule has 0 aromatic heterocycles. The molecule has 4 nitrogen and oxygen atoms in total. The van der Waals surface area contributed by atoms with Gasteiger partial charge in [-0.05, 0) is 23.6 Å². The average molecular weight is 219 g/mol. The maximum Gasteiger partial charge on any atom is 0.321 e. The largest absolute Gasteiger partial charge is 0.324 e. The van der Waals surface area contributed by atoms with E-state index in [9.17, 15) is 4.79 Å². The molecule has 0 saturated heterocycles.